The number of aliphatic carboxylic acids is 1. The minimum Gasteiger partial charge on any atom is -0.496 e. The van der Waals surface area contributed by atoms with Gasteiger partial charge in [0.05, 0.1) is 13.5 Å². The lowest BCUT2D eigenvalue weighted by Crippen LogP contribution is -2.41. The molecule has 6 heteroatoms. The van der Waals surface area contributed by atoms with Crippen LogP contribution >= 0.6 is 11.6 Å². The Morgan fingerprint density at radius 1 is 1.48 bits per heavy atom. The van der Waals surface area contributed by atoms with Crippen LogP contribution in [0.1, 0.15) is 24.8 Å². The van der Waals surface area contributed by atoms with Gasteiger partial charge in [0, 0.05) is 10.6 Å². The zero-order valence-electron chi connectivity index (χ0n) is 11.8. The van der Waals surface area contributed by atoms with Crippen molar-refractivity contribution in [1.29, 1.82) is 0 Å². The fraction of sp³-hybridized carbons (Fsp3) is 0.467. The first kappa shape index (κ1) is 15.6. The number of hydrogen-bond donors (Lipinski definition) is 2. The Morgan fingerprint density at radius 3 is 2.76 bits per heavy atom. The van der Waals surface area contributed by atoms with Crippen LogP contribution in [-0.2, 0) is 16.0 Å². The van der Waals surface area contributed by atoms with Gasteiger partial charge < -0.3 is 15.2 Å². The first-order valence-electron chi connectivity index (χ1n) is 6.84. The maximum atomic E-state index is 12.1. The van der Waals surface area contributed by atoms with E-state index in [9.17, 15) is 9.59 Å². The van der Waals surface area contributed by atoms with Crippen molar-refractivity contribution in [2.45, 2.75) is 31.7 Å². The molecule has 0 aromatic heterocycles. The number of ether oxygens (including phenoxy) is 1. The lowest BCUT2D eigenvalue weighted by molar-refractivity contribution is -0.142. The zero-order valence-corrected chi connectivity index (χ0v) is 12.5. The van der Waals surface area contributed by atoms with Gasteiger partial charge in [0.2, 0.25) is 5.91 Å². The van der Waals surface area contributed by atoms with Gasteiger partial charge in [-0.05, 0) is 24.5 Å². The maximum absolute atomic E-state index is 12.1. The van der Waals surface area contributed by atoms with E-state index in [-0.39, 0.29) is 12.3 Å². The van der Waals surface area contributed by atoms with Crippen molar-refractivity contribution < 1.29 is 19.4 Å². The molecule has 1 unspecified atom stereocenters. The van der Waals surface area contributed by atoms with Crippen LogP contribution in [0.5, 0.6) is 5.75 Å². The standard InChI is InChI=1S/C15H18ClNO4/c1-21-13-4-2-3-11(16)10(13)8-14(18)17-12(15(19)20)7-9-5-6-9/h2-4,9,12H,5-8H2,1H3,(H,17,18)(H,19,20). The highest BCUT2D eigenvalue weighted by Gasteiger charge is 2.30. The summed E-state index contributed by atoms with van der Waals surface area (Å²) in [6.07, 6.45) is 2.56. The van der Waals surface area contributed by atoms with Crippen molar-refractivity contribution in [2.24, 2.45) is 5.92 Å². The van der Waals surface area contributed by atoms with Crippen LogP contribution in [-0.4, -0.2) is 30.1 Å². The molecule has 1 aromatic rings. The Balaban J connectivity index is 2.01. The predicted octanol–water partition coefficient (Wildman–Crippen LogP) is 2.26. The van der Waals surface area contributed by atoms with Crippen LogP contribution in [0.3, 0.4) is 0 Å². The zero-order chi connectivity index (χ0) is 15.4. The summed E-state index contributed by atoms with van der Waals surface area (Å²) in [4.78, 5) is 23.2. The summed E-state index contributed by atoms with van der Waals surface area (Å²) in [6, 6.07) is 4.28. The number of rotatable bonds is 7. The van der Waals surface area contributed by atoms with Crippen LogP contribution in [0.4, 0.5) is 0 Å². The minimum atomic E-state index is -0.999. The second-order valence-electron chi connectivity index (χ2n) is 5.23. The molecule has 0 heterocycles. The van der Waals surface area contributed by atoms with Crippen LogP contribution in [0.15, 0.2) is 18.2 Å². The molecule has 114 valence electrons. The molecule has 2 rings (SSSR count). The van der Waals surface area contributed by atoms with Gasteiger partial charge in [-0.15, -0.1) is 0 Å². The molecule has 0 aliphatic heterocycles. The number of methoxy groups -OCH3 is 1. The topological polar surface area (TPSA) is 75.6 Å². The molecule has 1 aliphatic carbocycles. The van der Waals surface area contributed by atoms with Crippen LogP contribution in [0.2, 0.25) is 5.02 Å². The van der Waals surface area contributed by atoms with Gasteiger partial charge in [0.1, 0.15) is 11.8 Å². The quantitative estimate of drug-likeness (QED) is 0.810. The van der Waals surface area contributed by atoms with Crippen molar-refractivity contribution in [3.05, 3.63) is 28.8 Å². The van der Waals surface area contributed by atoms with Gasteiger partial charge in [-0.25, -0.2) is 4.79 Å². The molecular weight excluding hydrogens is 294 g/mol. The van der Waals surface area contributed by atoms with E-state index >= 15 is 0 Å². The first-order valence-corrected chi connectivity index (χ1v) is 7.22. The molecule has 21 heavy (non-hydrogen) atoms. The molecule has 5 nitrogen and oxygen atoms in total. The molecule has 1 aliphatic rings. The summed E-state index contributed by atoms with van der Waals surface area (Å²) in [5, 5.41) is 12.1. The molecule has 1 amide bonds. The number of carbonyl (C=O) groups excluding carboxylic acids is 1. The summed E-state index contributed by atoms with van der Waals surface area (Å²) >= 11 is 6.07. The Hall–Kier alpha value is -1.75. The third-order valence-corrected chi connectivity index (χ3v) is 3.89. The molecule has 1 atom stereocenters. The predicted molar refractivity (Wildman–Crippen MR) is 78.6 cm³/mol. The van der Waals surface area contributed by atoms with Crippen LogP contribution in [0.25, 0.3) is 0 Å². The number of carboxylic acids is 1. The Bertz CT molecular complexity index is 542. The molecule has 1 fully saturated rings. The van der Waals surface area contributed by atoms with E-state index < -0.39 is 12.0 Å². The van der Waals surface area contributed by atoms with Gasteiger partial charge in [0.25, 0.3) is 0 Å². The number of carboxylic acid groups (broad SMARTS) is 1. The Kier molecular flexibility index (Phi) is 5.07. The molecule has 1 aromatic carbocycles. The van der Waals surface area contributed by atoms with Crippen molar-refractivity contribution in [3.63, 3.8) is 0 Å². The first-order chi connectivity index (χ1) is 10.0. The van der Waals surface area contributed by atoms with Gasteiger partial charge in [0.15, 0.2) is 0 Å². The second-order valence-corrected chi connectivity index (χ2v) is 5.64. The summed E-state index contributed by atoms with van der Waals surface area (Å²) in [5.41, 5.74) is 0.565. The van der Waals surface area contributed by atoms with E-state index in [4.69, 9.17) is 21.4 Å². The fourth-order valence-corrected chi connectivity index (χ4v) is 2.45. The number of nitrogens with one attached hydrogen (secondary N) is 1. The SMILES string of the molecule is COc1cccc(Cl)c1CC(=O)NC(CC1CC1)C(=O)O. The maximum Gasteiger partial charge on any atom is 0.326 e. The summed E-state index contributed by atoms with van der Waals surface area (Å²) in [6.45, 7) is 0. The Morgan fingerprint density at radius 2 is 2.19 bits per heavy atom. The molecule has 0 spiro atoms. The van der Waals surface area contributed by atoms with Crippen LogP contribution in [0, 0.1) is 5.92 Å². The monoisotopic (exact) mass is 311 g/mol. The normalized spacial score (nSPS) is 15.3. The minimum absolute atomic E-state index is 0.00269. The molecule has 2 N–H and O–H groups in total. The van der Waals surface area contributed by atoms with Crippen molar-refractivity contribution >= 4 is 23.5 Å². The van der Waals surface area contributed by atoms with E-state index in [0.29, 0.717) is 28.7 Å². The van der Waals surface area contributed by atoms with E-state index in [1.54, 1.807) is 18.2 Å². The van der Waals surface area contributed by atoms with E-state index in [1.165, 1.54) is 7.11 Å². The third kappa shape index (κ3) is 4.36. The third-order valence-electron chi connectivity index (χ3n) is 3.53. The lowest BCUT2D eigenvalue weighted by atomic mass is 10.1. The number of hydrogen-bond acceptors (Lipinski definition) is 3. The van der Waals surface area contributed by atoms with E-state index in [1.807, 2.05) is 0 Å². The number of amides is 1. The molecular formula is C15H18ClNO4. The van der Waals surface area contributed by atoms with Gasteiger partial charge in [-0.1, -0.05) is 30.5 Å². The lowest BCUT2D eigenvalue weighted by Gasteiger charge is -2.15. The second kappa shape index (κ2) is 6.80. The summed E-state index contributed by atoms with van der Waals surface area (Å²) in [5.74, 6) is -0.427. The summed E-state index contributed by atoms with van der Waals surface area (Å²) in [7, 11) is 1.50. The fourth-order valence-electron chi connectivity index (χ4n) is 2.22. The van der Waals surface area contributed by atoms with Crippen molar-refractivity contribution in [1.82, 2.24) is 5.32 Å². The number of halogens is 1. The highest BCUT2D eigenvalue weighted by molar-refractivity contribution is 6.31. The highest BCUT2D eigenvalue weighted by Crippen LogP contribution is 2.33. The van der Waals surface area contributed by atoms with Gasteiger partial charge in [-0.2, -0.15) is 0 Å². The molecule has 0 saturated heterocycles. The average Bonchev–Trinajstić information content (AvgIpc) is 3.24. The van der Waals surface area contributed by atoms with Gasteiger partial charge >= 0.3 is 5.97 Å². The van der Waals surface area contributed by atoms with Crippen molar-refractivity contribution in [2.75, 3.05) is 7.11 Å². The van der Waals surface area contributed by atoms with Crippen molar-refractivity contribution in [3.8, 4) is 5.75 Å². The van der Waals surface area contributed by atoms with Crippen LogP contribution < -0.4 is 10.1 Å². The summed E-state index contributed by atoms with van der Waals surface area (Å²) < 4.78 is 5.17. The number of benzene rings is 1. The Labute approximate surface area is 128 Å². The largest absolute Gasteiger partial charge is 0.496 e. The molecule has 0 radical (unpaired) electrons. The molecule has 1 saturated carbocycles. The smallest absolute Gasteiger partial charge is 0.326 e. The van der Waals surface area contributed by atoms with E-state index in [2.05, 4.69) is 5.32 Å². The van der Waals surface area contributed by atoms with E-state index in [0.717, 1.165) is 12.8 Å². The molecule has 0 bridgehead atoms. The average molecular weight is 312 g/mol. The highest BCUT2D eigenvalue weighted by atomic mass is 35.5. The van der Waals surface area contributed by atoms with Gasteiger partial charge in [-0.3, -0.25) is 4.79 Å². The number of carbonyl (C=O) groups is 2.